The van der Waals surface area contributed by atoms with Crippen molar-refractivity contribution in [2.75, 3.05) is 12.0 Å². The molecule has 2 rings (SSSR count). The second-order valence-electron chi connectivity index (χ2n) is 4.32. The number of allylic oxidation sites excluding steroid dienone is 1. The van der Waals surface area contributed by atoms with E-state index in [1.54, 1.807) is 13.0 Å². The van der Waals surface area contributed by atoms with Crippen molar-refractivity contribution in [2.45, 2.75) is 18.2 Å². The number of aliphatic imine (C=N–C) groups is 1. The second-order valence-corrected chi connectivity index (χ2v) is 6.30. The molecule has 0 amide bonds. The third-order valence-corrected chi connectivity index (χ3v) is 3.88. The van der Waals surface area contributed by atoms with Crippen LogP contribution in [-0.4, -0.2) is 20.4 Å². The third kappa shape index (κ3) is 2.28. The van der Waals surface area contributed by atoms with E-state index in [1.165, 1.54) is 12.1 Å². The Balaban J connectivity index is 2.54. The fraction of sp³-hybridized carbons (Fsp3) is 0.250. The maximum atomic E-state index is 13.6. The summed E-state index contributed by atoms with van der Waals surface area (Å²) in [4.78, 5) is 3.73. The molecule has 0 aliphatic carbocycles. The summed E-state index contributed by atoms with van der Waals surface area (Å²) < 4.78 is 36.7. The monoisotopic (exact) mass is 268 g/mol. The zero-order valence-corrected chi connectivity index (χ0v) is 10.9. The van der Waals surface area contributed by atoms with Crippen LogP contribution in [0.25, 0.3) is 5.57 Å². The minimum atomic E-state index is -3.42. The first kappa shape index (κ1) is 12.8. The van der Waals surface area contributed by atoms with E-state index >= 15 is 0 Å². The highest BCUT2D eigenvalue weighted by molar-refractivity contribution is 7.90. The van der Waals surface area contributed by atoms with Crippen molar-refractivity contribution < 1.29 is 12.8 Å². The molecule has 6 heteroatoms. The quantitative estimate of drug-likeness (QED) is 0.660. The summed E-state index contributed by atoms with van der Waals surface area (Å²) in [6.07, 6.45) is 1.46. The summed E-state index contributed by atoms with van der Waals surface area (Å²) >= 11 is 0. The Morgan fingerprint density at radius 2 is 2.06 bits per heavy atom. The molecule has 0 unspecified atom stereocenters. The SMILES string of the molecule is CC1=NC(F)=C(c2ccc(N)c(S(C)(=O)=O)c2)C1. The number of halogens is 1. The van der Waals surface area contributed by atoms with Crippen molar-refractivity contribution in [3.63, 3.8) is 0 Å². The van der Waals surface area contributed by atoms with Gasteiger partial charge in [0.15, 0.2) is 9.84 Å². The van der Waals surface area contributed by atoms with Crippen molar-refractivity contribution >= 4 is 26.8 Å². The molecule has 1 aromatic carbocycles. The molecule has 1 aromatic rings. The average molecular weight is 268 g/mol. The van der Waals surface area contributed by atoms with Gasteiger partial charge in [-0.1, -0.05) is 6.07 Å². The number of anilines is 1. The number of nitrogen functional groups attached to an aromatic ring is 1. The summed E-state index contributed by atoms with van der Waals surface area (Å²) in [5.41, 5.74) is 7.35. The first-order valence-corrected chi connectivity index (χ1v) is 7.21. The van der Waals surface area contributed by atoms with E-state index in [-0.39, 0.29) is 10.6 Å². The third-order valence-electron chi connectivity index (χ3n) is 2.73. The smallest absolute Gasteiger partial charge is 0.216 e. The minimum Gasteiger partial charge on any atom is -0.398 e. The van der Waals surface area contributed by atoms with Crippen molar-refractivity contribution in [2.24, 2.45) is 4.99 Å². The highest BCUT2D eigenvalue weighted by atomic mass is 32.2. The first-order valence-electron chi connectivity index (χ1n) is 5.32. The number of nitrogens with two attached hydrogens (primary N) is 1. The van der Waals surface area contributed by atoms with Gasteiger partial charge in [0.2, 0.25) is 5.95 Å². The van der Waals surface area contributed by atoms with E-state index in [0.717, 1.165) is 6.26 Å². The average Bonchev–Trinajstić information content (AvgIpc) is 2.57. The lowest BCUT2D eigenvalue weighted by Gasteiger charge is -2.07. The predicted molar refractivity (Wildman–Crippen MR) is 69.7 cm³/mol. The van der Waals surface area contributed by atoms with Crippen molar-refractivity contribution in [3.8, 4) is 0 Å². The van der Waals surface area contributed by atoms with Crippen LogP contribution in [0.3, 0.4) is 0 Å². The predicted octanol–water partition coefficient (Wildman–Crippen LogP) is 2.17. The largest absolute Gasteiger partial charge is 0.398 e. The molecule has 1 aliphatic heterocycles. The maximum Gasteiger partial charge on any atom is 0.216 e. The van der Waals surface area contributed by atoms with Crippen LogP contribution in [-0.2, 0) is 9.84 Å². The Morgan fingerprint density at radius 3 is 2.56 bits per heavy atom. The van der Waals surface area contributed by atoms with Crippen LogP contribution < -0.4 is 5.73 Å². The number of nitrogens with zero attached hydrogens (tertiary/aromatic N) is 1. The van der Waals surface area contributed by atoms with Gasteiger partial charge in [-0.15, -0.1) is 0 Å². The second kappa shape index (κ2) is 4.20. The van der Waals surface area contributed by atoms with Gasteiger partial charge in [-0.05, 0) is 24.6 Å². The number of hydrogen-bond donors (Lipinski definition) is 1. The molecule has 0 atom stereocenters. The number of sulfone groups is 1. The first-order chi connectivity index (χ1) is 8.29. The lowest BCUT2D eigenvalue weighted by molar-refractivity contribution is 0.602. The molecule has 0 saturated carbocycles. The summed E-state index contributed by atoms with van der Waals surface area (Å²) in [7, 11) is -3.42. The van der Waals surface area contributed by atoms with E-state index in [2.05, 4.69) is 4.99 Å². The van der Waals surface area contributed by atoms with Crippen LogP contribution in [0.15, 0.2) is 34.0 Å². The molecule has 1 aliphatic rings. The van der Waals surface area contributed by atoms with Crippen LogP contribution in [0.5, 0.6) is 0 Å². The van der Waals surface area contributed by atoms with Crippen LogP contribution in [0.4, 0.5) is 10.1 Å². The van der Waals surface area contributed by atoms with Gasteiger partial charge in [-0.3, -0.25) is 0 Å². The van der Waals surface area contributed by atoms with Gasteiger partial charge in [0.25, 0.3) is 0 Å². The molecule has 0 fully saturated rings. The number of rotatable bonds is 2. The molecule has 0 spiro atoms. The summed E-state index contributed by atoms with van der Waals surface area (Å²) in [6.45, 7) is 1.72. The van der Waals surface area contributed by atoms with Crippen LogP contribution >= 0.6 is 0 Å². The van der Waals surface area contributed by atoms with Gasteiger partial charge in [0.05, 0.1) is 10.6 Å². The van der Waals surface area contributed by atoms with Crippen molar-refractivity contribution in [1.82, 2.24) is 0 Å². The van der Waals surface area contributed by atoms with Gasteiger partial charge in [-0.2, -0.15) is 4.39 Å². The Labute approximate surface area is 105 Å². The molecule has 0 saturated heterocycles. The fourth-order valence-electron chi connectivity index (χ4n) is 1.87. The van der Waals surface area contributed by atoms with E-state index in [0.29, 0.717) is 23.3 Å². The lowest BCUT2D eigenvalue weighted by Crippen LogP contribution is -2.03. The van der Waals surface area contributed by atoms with E-state index in [9.17, 15) is 12.8 Å². The molecule has 96 valence electrons. The number of benzene rings is 1. The highest BCUT2D eigenvalue weighted by Gasteiger charge is 2.19. The molecule has 1 heterocycles. The molecule has 0 aromatic heterocycles. The number of hydrogen-bond acceptors (Lipinski definition) is 4. The van der Waals surface area contributed by atoms with Crippen LogP contribution in [0, 0.1) is 0 Å². The van der Waals surface area contributed by atoms with Crippen molar-refractivity contribution in [1.29, 1.82) is 0 Å². The van der Waals surface area contributed by atoms with Gasteiger partial charge in [0.1, 0.15) is 0 Å². The summed E-state index contributed by atoms with van der Waals surface area (Å²) in [5.74, 6) is -0.559. The molecular formula is C12H13FN2O2S. The van der Waals surface area contributed by atoms with Gasteiger partial charge < -0.3 is 5.73 Å². The Morgan fingerprint density at radius 1 is 1.39 bits per heavy atom. The zero-order valence-electron chi connectivity index (χ0n) is 10.1. The highest BCUT2D eigenvalue weighted by Crippen LogP contribution is 2.32. The maximum absolute atomic E-state index is 13.6. The zero-order chi connectivity index (χ0) is 13.5. The summed E-state index contributed by atoms with van der Waals surface area (Å²) in [6, 6.07) is 4.47. The van der Waals surface area contributed by atoms with E-state index in [4.69, 9.17) is 5.73 Å². The van der Waals surface area contributed by atoms with E-state index in [1.807, 2.05) is 0 Å². The van der Waals surface area contributed by atoms with Crippen LogP contribution in [0.2, 0.25) is 0 Å². The standard InChI is InChI=1S/C12H13FN2O2S/c1-7-5-9(12(13)15-7)8-3-4-10(14)11(6-8)18(2,16)17/h3-4,6H,5,14H2,1-2H3. The Kier molecular flexibility index (Phi) is 2.98. The van der Waals surface area contributed by atoms with Gasteiger partial charge >= 0.3 is 0 Å². The van der Waals surface area contributed by atoms with Crippen LogP contribution in [0.1, 0.15) is 18.9 Å². The topological polar surface area (TPSA) is 72.5 Å². The fourth-order valence-corrected chi connectivity index (χ4v) is 2.70. The molecule has 4 nitrogen and oxygen atoms in total. The molecular weight excluding hydrogens is 255 g/mol. The lowest BCUT2D eigenvalue weighted by atomic mass is 10.0. The Hall–Kier alpha value is -1.69. The van der Waals surface area contributed by atoms with Crippen molar-refractivity contribution in [3.05, 3.63) is 29.7 Å². The minimum absolute atomic E-state index is 0.0184. The van der Waals surface area contributed by atoms with Gasteiger partial charge in [0, 0.05) is 24.0 Å². The normalized spacial score (nSPS) is 16.1. The van der Waals surface area contributed by atoms with Gasteiger partial charge in [-0.25, -0.2) is 13.4 Å². The molecule has 18 heavy (non-hydrogen) atoms. The van der Waals surface area contributed by atoms with E-state index < -0.39 is 15.8 Å². The Bertz CT molecular complexity index is 675. The summed E-state index contributed by atoms with van der Waals surface area (Å²) in [5, 5.41) is 0. The molecule has 2 N–H and O–H groups in total. The molecule has 0 bridgehead atoms. The molecule has 0 radical (unpaired) electrons.